The van der Waals surface area contributed by atoms with Crippen molar-refractivity contribution in [1.82, 2.24) is 10.6 Å². The Kier molecular flexibility index (Phi) is 8.45. The number of rotatable bonds is 6. The number of guanidine groups is 1. The van der Waals surface area contributed by atoms with Crippen LogP contribution in [0.25, 0.3) is 0 Å². The topological polar surface area (TPSA) is 105 Å². The molecule has 1 unspecified atom stereocenters. The van der Waals surface area contributed by atoms with E-state index in [2.05, 4.69) is 20.5 Å². The van der Waals surface area contributed by atoms with Crippen molar-refractivity contribution >= 4 is 53.1 Å². The first-order valence-electron chi connectivity index (χ1n) is 8.94. The monoisotopic (exact) mass is 533 g/mol. The quantitative estimate of drug-likeness (QED) is 0.300. The van der Waals surface area contributed by atoms with Crippen molar-refractivity contribution in [3.63, 3.8) is 0 Å². The van der Waals surface area contributed by atoms with Gasteiger partial charge in [-0.1, -0.05) is 11.6 Å². The van der Waals surface area contributed by atoms with Gasteiger partial charge in [0.1, 0.15) is 11.5 Å². The van der Waals surface area contributed by atoms with Crippen LogP contribution in [-0.4, -0.2) is 45.2 Å². The predicted octanol–water partition coefficient (Wildman–Crippen LogP) is 2.60. The number of ether oxygens (including phenoxy) is 1. The highest BCUT2D eigenvalue weighted by atomic mass is 127. The second-order valence-corrected chi connectivity index (χ2v) is 6.88. The van der Waals surface area contributed by atoms with Gasteiger partial charge in [0.15, 0.2) is 11.7 Å². The molecule has 0 bridgehead atoms. The molecule has 10 heteroatoms. The summed E-state index contributed by atoms with van der Waals surface area (Å²) in [6, 6.07) is 9.10. The molecule has 1 fully saturated rings. The summed E-state index contributed by atoms with van der Waals surface area (Å²) in [5, 5.41) is 7.27. The number of methoxy groups -OCH3 is 1. The number of nitrogens with two attached hydrogens (primary N) is 1. The second kappa shape index (κ2) is 10.6. The van der Waals surface area contributed by atoms with E-state index in [1.54, 1.807) is 26.3 Å². The molecule has 0 aliphatic carbocycles. The molecule has 2 heterocycles. The number of anilines is 1. The van der Waals surface area contributed by atoms with Crippen LogP contribution in [-0.2, 0) is 6.54 Å². The van der Waals surface area contributed by atoms with E-state index in [9.17, 15) is 4.79 Å². The molecule has 1 aliphatic heterocycles. The Hall–Kier alpha value is -2.14. The third-order valence-corrected chi connectivity index (χ3v) is 4.80. The highest BCUT2D eigenvalue weighted by Gasteiger charge is 2.25. The van der Waals surface area contributed by atoms with Crippen molar-refractivity contribution in [2.75, 3.05) is 32.1 Å². The zero-order valence-corrected chi connectivity index (χ0v) is 19.4. The summed E-state index contributed by atoms with van der Waals surface area (Å²) in [5.41, 5.74) is 6.18. The Bertz CT molecular complexity index is 873. The molecule has 1 amide bonds. The fourth-order valence-electron chi connectivity index (χ4n) is 3.17. The number of nitrogens with one attached hydrogen (secondary N) is 2. The number of benzene rings is 1. The number of hydrogen-bond acceptors (Lipinski definition) is 5. The van der Waals surface area contributed by atoms with Gasteiger partial charge in [0.25, 0.3) is 5.91 Å². The van der Waals surface area contributed by atoms with Gasteiger partial charge in [0.2, 0.25) is 0 Å². The lowest BCUT2D eigenvalue weighted by Crippen LogP contribution is -2.44. The summed E-state index contributed by atoms with van der Waals surface area (Å²) in [6.07, 6.45) is 0.947. The Morgan fingerprint density at radius 3 is 2.86 bits per heavy atom. The largest absolute Gasteiger partial charge is 0.495 e. The van der Waals surface area contributed by atoms with Crippen molar-refractivity contribution in [3.05, 3.63) is 46.9 Å². The molecule has 1 atom stereocenters. The summed E-state index contributed by atoms with van der Waals surface area (Å²) in [4.78, 5) is 17.6. The molecule has 1 aromatic heterocycles. The number of halogens is 2. The first-order valence-corrected chi connectivity index (χ1v) is 9.32. The van der Waals surface area contributed by atoms with E-state index in [4.69, 9.17) is 26.5 Å². The van der Waals surface area contributed by atoms with E-state index < -0.39 is 5.91 Å². The Morgan fingerprint density at radius 1 is 1.41 bits per heavy atom. The molecule has 1 aromatic carbocycles. The Balaban J connectivity index is 0.00000300. The van der Waals surface area contributed by atoms with Crippen molar-refractivity contribution in [1.29, 1.82) is 0 Å². The molecule has 2 aromatic rings. The first-order chi connectivity index (χ1) is 13.5. The molecular weight excluding hydrogens is 509 g/mol. The number of primary amides is 1. The molecule has 4 N–H and O–H groups in total. The maximum atomic E-state index is 11.1. The Morgan fingerprint density at radius 2 is 2.21 bits per heavy atom. The predicted molar refractivity (Wildman–Crippen MR) is 125 cm³/mol. The van der Waals surface area contributed by atoms with Gasteiger partial charge in [-0.15, -0.1) is 24.0 Å². The smallest absolute Gasteiger partial charge is 0.284 e. The number of furan rings is 1. The van der Waals surface area contributed by atoms with Crippen LogP contribution in [0.2, 0.25) is 5.02 Å². The van der Waals surface area contributed by atoms with Crippen molar-refractivity contribution in [3.8, 4) is 5.75 Å². The van der Waals surface area contributed by atoms with Crippen LogP contribution < -0.4 is 26.0 Å². The molecule has 3 rings (SSSR count). The minimum atomic E-state index is -0.587. The molecule has 0 spiro atoms. The number of carbonyl (C=O) groups is 1. The zero-order valence-electron chi connectivity index (χ0n) is 16.3. The molecule has 158 valence electrons. The third-order valence-electron chi connectivity index (χ3n) is 4.57. The highest BCUT2D eigenvalue weighted by molar-refractivity contribution is 14.0. The normalized spacial score (nSPS) is 16.3. The van der Waals surface area contributed by atoms with E-state index in [-0.39, 0.29) is 35.8 Å². The zero-order chi connectivity index (χ0) is 20.1. The molecule has 0 radical (unpaired) electrons. The van der Waals surface area contributed by atoms with E-state index in [0.29, 0.717) is 23.3 Å². The first kappa shape index (κ1) is 23.1. The van der Waals surface area contributed by atoms with Gasteiger partial charge in [-0.25, -0.2) is 0 Å². The van der Waals surface area contributed by atoms with Gasteiger partial charge < -0.3 is 30.4 Å². The lowest BCUT2D eigenvalue weighted by molar-refractivity contribution is 0.0972. The lowest BCUT2D eigenvalue weighted by Gasteiger charge is -2.22. The van der Waals surface area contributed by atoms with Gasteiger partial charge in [-0.05, 0) is 36.8 Å². The van der Waals surface area contributed by atoms with Gasteiger partial charge in [-0.2, -0.15) is 0 Å². The van der Waals surface area contributed by atoms with Crippen LogP contribution in [0.4, 0.5) is 5.69 Å². The minimum Gasteiger partial charge on any atom is -0.495 e. The van der Waals surface area contributed by atoms with Gasteiger partial charge in [0.05, 0.1) is 19.3 Å². The number of amides is 1. The van der Waals surface area contributed by atoms with Gasteiger partial charge in [-0.3, -0.25) is 9.79 Å². The van der Waals surface area contributed by atoms with E-state index in [0.717, 1.165) is 30.9 Å². The van der Waals surface area contributed by atoms with Crippen LogP contribution in [0.3, 0.4) is 0 Å². The average Bonchev–Trinajstić information content (AvgIpc) is 3.34. The standard InChI is InChI=1S/C19H24ClN5O3.HI/c1-22-19(23-10-14-4-6-17(28-14)18(21)26)24-13-7-8-25(11-13)15-9-12(20)3-5-16(15)27-2;/h3-6,9,13H,7-8,10-11H2,1-2H3,(H2,21,26)(H2,22,23,24);1H. The van der Waals surface area contributed by atoms with Crippen LogP contribution in [0.5, 0.6) is 5.75 Å². The maximum absolute atomic E-state index is 11.1. The van der Waals surface area contributed by atoms with Gasteiger partial charge in [0, 0.05) is 31.2 Å². The van der Waals surface area contributed by atoms with E-state index in [1.807, 2.05) is 18.2 Å². The minimum absolute atomic E-state index is 0. The lowest BCUT2D eigenvalue weighted by atomic mass is 10.2. The Labute approximate surface area is 191 Å². The van der Waals surface area contributed by atoms with E-state index in [1.165, 1.54) is 0 Å². The fraction of sp³-hybridized carbons (Fsp3) is 0.368. The number of aliphatic imine (C=N–C) groups is 1. The SMILES string of the molecule is CN=C(NCc1ccc(C(N)=O)o1)NC1CCN(c2cc(Cl)ccc2OC)C1.I. The summed E-state index contributed by atoms with van der Waals surface area (Å²) < 4.78 is 10.8. The maximum Gasteiger partial charge on any atom is 0.284 e. The van der Waals surface area contributed by atoms with E-state index >= 15 is 0 Å². The van der Waals surface area contributed by atoms with Crippen LogP contribution in [0, 0.1) is 0 Å². The molecular formula is C19H25ClIN5O3. The van der Waals surface area contributed by atoms with Crippen LogP contribution in [0.15, 0.2) is 39.7 Å². The van der Waals surface area contributed by atoms with Crippen LogP contribution in [0.1, 0.15) is 22.7 Å². The average molecular weight is 534 g/mol. The second-order valence-electron chi connectivity index (χ2n) is 6.45. The third kappa shape index (κ3) is 5.92. The van der Waals surface area contributed by atoms with Gasteiger partial charge >= 0.3 is 0 Å². The molecule has 0 saturated carbocycles. The molecule has 1 aliphatic rings. The van der Waals surface area contributed by atoms with Crippen molar-refractivity contribution < 1.29 is 13.9 Å². The number of hydrogen-bond donors (Lipinski definition) is 3. The summed E-state index contributed by atoms with van der Waals surface area (Å²) in [7, 11) is 3.36. The highest BCUT2D eigenvalue weighted by Crippen LogP contribution is 2.33. The van der Waals surface area contributed by atoms with Crippen molar-refractivity contribution in [2.24, 2.45) is 10.7 Å². The molecule has 8 nitrogen and oxygen atoms in total. The van der Waals surface area contributed by atoms with Crippen LogP contribution >= 0.6 is 35.6 Å². The summed E-state index contributed by atoms with van der Waals surface area (Å²) in [5.74, 6) is 1.61. The van der Waals surface area contributed by atoms with Crippen molar-refractivity contribution in [2.45, 2.75) is 19.0 Å². The summed E-state index contributed by atoms with van der Waals surface area (Å²) >= 11 is 6.15. The molecule has 1 saturated heterocycles. The summed E-state index contributed by atoms with van der Waals surface area (Å²) in [6.45, 7) is 2.07. The fourth-order valence-corrected chi connectivity index (χ4v) is 3.34. The molecule has 29 heavy (non-hydrogen) atoms. The number of nitrogens with zero attached hydrogens (tertiary/aromatic N) is 2. The number of carbonyl (C=O) groups excluding carboxylic acids is 1.